The van der Waals surface area contributed by atoms with Crippen molar-refractivity contribution < 1.29 is 73.8 Å². The van der Waals surface area contributed by atoms with Gasteiger partial charge in [-0.2, -0.15) is 0 Å². The largest absolute Gasteiger partial charge is 0.462 e. The van der Waals surface area contributed by atoms with E-state index in [0.717, 1.165) is 38.5 Å². The summed E-state index contributed by atoms with van der Waals surface area (Å²) in [5.41, 5.74) is 0. The van der Waals surface area contributed by atoms with Gasteiger partial charge in [0.25, 0.3) is 0 Å². The molecule has 0 amide bonds. The van der Waals surface area contributed by atoms with E-state index in [1.54, 1.807) is 0 Å². The molecule has 0 aromatic rings. The van der Waals surface area contributed by atoms with Gasteiger partial charge in [0.05, 0.1) is 19.8 Å². The molecule has 2 aliphatic rings. The molecule has 15 heteroatoms. The van der Waals surface area contributed by atoms with Crippen LogP contribution in [0.1, 0.15) is 271 Å². The molecule has 0 saturated carbocycles. The Balaban J connectivity index is 1.72. The summed E-state index contributed by atoms with van der Waals surface area (Å²) in [4.78, 5) is 26.0. The van der Waals surface area contributed by atoms with Gasteiger partial charge in [0.15, 0.2) is 18.7 Å². The number of unbranched alkanes of at least 4 members (excludes halogenated alkanes) is 35. The minimum absolute atomic E-state index is 0.168. The fourth-order valence-electron chi connectivity index (χ4n) is 10.2. The van der Waals surface area contributed by atoms with Crippen molar-refractivity contribution in [1.29, 1.82) is 0 Å². The molecule has 2 saturated heterocycles. The first-order chi connectivity index (χ1) is 37.0. The normalized spacial score (nSPS) is 24.3. The van der Waals surface area contributed by atoms with Crippen molar-refractivity contribution in [2.24, 2.45) is 0 Å². The van der Waals surface area contributed by atoms with Crippen molar-refractivity contribution in [3.05, 3.63) is 12.2 Å². The number of carbonyl (C=O) groups is 2. The number of carbonyl (C=O) groups excluding carboxylic acids is 2. The summed E-state index contributed by atoms with van der Waals surface area (Å²) in [6.45, 7) is 2.66. The van der Waals surface area contributed by atoms with Crippen molar-refractivity contribution >= 4 is 11.9 Å². The lowest BCUT2D eigenvalue weighted by molar-refractivity contribution is -0.332. The predicted molar refractivity (Wildman–Crippen MR) is 298 cm³/mol. The number of hydrogen-bond donors (Lipinski definition) is 7. The quantitative estimate of drug-likeness (QED) is 0.0171. The second-order valence-corrected chi connectivity index (χ2v) is 22.2. The zero-order valence-corrected chi connectivity index (χ0v) is 48.0. The van der Waals surface area contributed by atoms with E-state index in [-0.39, 0.29) is 26.1 Å². The van der Waals surface area contributed by atoms with Gasteiger partial charge >= 0.3 is 11.9 Å². The smallest absolute Gasteiger partial charge is 0.306 e. The van der Waals surface area contributed by atoms with Crippen molar-refractivity contribution in [3.63, 3.8) is 0 Å². The molecule has 0 aromatic carbocycles. The number of esters is 2. The maximum Gasteiger partial charge on any atom is 0.306 e. The molecule has 0 aromatic heterocycles. The Bertz CT molecular complexity index is 1370. The second-order valence-electron chi connectivity index (χ2n) is 22.2. The SMILES string of the molecule is CCCCCCCCCC/C=C\CCCCCCCCCCCC(=O)OC(COC(=O)CCCCCCCCCCCCCCCCCCCCC)COC1OC(COC2OC(CO)C(O)C(O)C2O)C(O)C(O)C1O. The maximum absolute atomic E-state index is 13.1. The van der Waals surface area contributed by atoms with Crippen LogP contribution in [0.3, 0.4) is 0 Å². The van der Waals surface area contributed by atoms with Crippen LogP contribution >= 0.6 is 0 Å². The zero-order valence-electron chi connectivity index (χ0n) is 48.0. The fourth-order valence-corrected chi connectivity index (χ4v) is 10.2. The third-order valence-corrected chi connectivity index (χ3v) is 15.2. The lowest BCUT2D eigenvalue weighted by Gasteiger charge is -2.42. The number of aliphatic hydroxyl groups excluding tert-OH is 7. The Hall–Kier alpha value is -1.76. The van der Waals surface area contributed by atoms with Crippen LogP contribution in [0, 0.1) is 0 Å². The second kappa shape index (κ2) is 48.0. The van der Waals surface area contributed by atoms with Crippen LogP contribution in [0.4, 0.5) is 0 Å². The standard InChI is InChI=1S/C61H114O15/c1-3-5-7-9-11-13-15-17-19-21-23-24-26-28-30-32-34-36-38-40-42-44-53(64)74-49(46-71-52(63)43-41-39-37-35-33-31-29-27-25-22-20-18-16-14-12-10-8-6-4-2)47-72-60-59(70)57(68)55(66)51(76-60)48-73-61-58(69)56(67)54(65)50(45-62)75-61/h21,23,49-51,54-62,65-70H,3-20,22,24-48H2,1-2H3/b23-21-. The van der Waals surface area contributed by atoms with E-state index < -0.39 is 92.7 Å². The topological polar surface area (TPSA) is 231 Å². The minimum atomic E-state index is -1.76. The number of rotatable bonds is 51. The molecule has 11 unspecified atom stereocenters. The van der Waals surface area contributed by atoms with E-state index in [9.17, 15) is 45.3 Å². The molecular weight excluding hydrogens is 973 g/mol. The molecule has 2 fully saturated rings. The first-order valence-electron chi connectivity index (χ1n) is 31.3. The van der Waals surface area contributed by atoms with Gasteiger partial charge in [0.2, 0.25) is 0 Å². The molecule has 0 radical (unpaired) electrons. The first-order valence-corrected chi connectivity index (χ1v) is 31.3. The van der Waals surface area contributed by atoms with Crippen LogP contribution in [0.2, 0.25) is 0 Å². The third kappa shape index (κ3) is 34.4. The highest BCUT2D eigenvalue weighted by atomic mass is 16.7. The number of ether oxygens (including phenoxy) is 6. The van der Waals surface area contributed by atoms with Crippen LogP contribution < -0.4 is 0 Å². The maximum atomic E-state index is 13.1. The first kappa shape index (κ1) is 70.3. The highest BCUT2D eigenvalue weighted by molar-refractivity contribution is 5.70. The molecule has 448 valence electrons. The molecule has 2 rings (SSSR count). The van der Waals surface area contributed by atoms with Crippen LogP contribution in [0.5, 0.6) is 0 Å². The molecule has 0 aliphatic carbocycles. The van der Waals surface area contributed by atoms with Crippen LogP contribution in [-0.2, 0) is 38.0 Å². The number of allylic oxidation sites excluding steroid dienone is 2. The summed E-state index contributed by atoms with van der Waals surface area (Å²) in [6, 6.07) is 0. The van der Waals surface area contributed by atoms with Gasteiger partial charge in [0.1, 0.15) is 55.4 Å². The van der Waals surface area contributed by atoms with E-state index in [0.29, 0.717) is 12.8 Å². The molecule has 2 heterocycles. The summed E-state index contributed by atoms with van der Waals surface area (Å²) in [7, 11) is 0. The average Bonchev–Trinajstić information content (AvgIpc) is 3.41. The Morgan fingerprint density at radius 2 is 0.750 bits per heavy atom. The van der Waals surface area contributed by atoms with Crippen molar-refractivity contribution in [3.8, 4) is 0 Å². The van der Waals surface area contributed by atoms with Gasteiger partial charge in [-0.3, -0.25) is 9.59 Å². The summed E-state index contributed by atoms with van der Waals surface area (Å²) in [5, 5.41) is 72.4. The van der Waals surface area contributed by atoms with Gasteiger partial charge in [0, 0.05) is 12.8 Å². The van der Waals surface area contributed by atoms with E-state index in [1.165, 1.54) is 193 Å². The molecule has 0 spiro atoms. The van der Waals surface area contributed by atoms with Crippen molar-refractivity contribution in [2.75, 3.05) is 26.4 Å². The van der Waals surface area contributed by atoms with E-state index in [2.05, 4.69) is 26.0 Å². The molecule has 7 N–H and O–H groups in total. The summed E-state index contributed by atoms with van der Waals surface area (Å²) < 4.78 is 33.8. The highest BCUT2D eigenvalue weighted by Crippen LogP contribution is 2.27. The van der Waals surface area contributed by atoms with E-state index >= 15 is 0 Å². The number of aliphatic hydroxyl groups is 7. The molecule has 15 nitrogen and oxygen atoms in total. The summed E-state index contributed by atoms with van der Waals surface area (Å²) >= 11 is 0. The Morgan fingerprint density at radius 1 is 0.408 bits per heavy atom. The minimum Gasteiger partial charge on any atom is -0.462 e. The Kier molecular flexibility index (Phi) is 44.4. The summed E-state index contributed by atoms with van der Waals surface area (Å²) in [5.74, 6) is -0.909. The van der Waals surface area contributed by atoms with E-state index in [1.807, 2.05) is 0 Å². The van der Waals surface area contributed by atoms with Gasteiger partial charge in [-0.25, -0.2) is 0 Å². The summed E-state index contributed by atoms with van der Waals surface area (Å²) in [6.07, 6.45) is 35.1. The van der Waals surface area contributed by atoms with Gasteiger partial charge < -0.3 is 64.2 Å². The predicted octanol–water partition coefficient (Wildman–Crippen LogP) is 11.3. The molecule has 0 bridgehead atoms. The Labute approximate surface area is 460 Å². The van der Waals surface area contributed by atoms with Crippen LogP contribution in [0.15, 0.2) is 12.2 Å². The molecular formula is C61H114O15. The lowest BCUT2D eigenvalue weighted by atomic mass is 9.98. The fraction of sp³-hybridized carbons (Fsp3) is 0.934. The van der Waals surface area contributed by atoms with E-state index in [4.69, 9.17) is 28.4 Å². The van der Waals surface area contributed by atoms with Crippen LogP contribution in [-0.4, -0.2) is 142 Å². The molecule has 11 atom stereocenters. The van der Waals surface area contributed by atoms with Gasteiger partial charge in [-0.15, -0.1) is 0 Å². The third-order valence-electron chi connectivity index (χ3n) is 15.2. The number of hydrogen-bond acceptors (Lipinski definition) is 15. The highest BCUT2D eigenvalue weighted by Gasteiger charge is 2.47. The van der Waals surface area contributed by atoms with Gasteiger partial charge in [-0.05, 0) is 38.5 Å². The Morgan fingerprint density at radius 3 is 1.16 bits per heavy atom. The zero-order chi connectivity index (χ0) is 55.3. The van der Waals surface area contributed by atoms with Crippen molar-refractivity contribution in [1.82, 2.24) is 0 Å². The average molecular weight is 1090 g/mol. The lowest BCUT2D eigenvalue weighted by Crippen LogP contribution is -2.61. The molecule has 2 aliphatic heterocycles. The van der Waals surface area contributed by atoms with Crippen molar-refractivity contribution in [2.45, 2.75) is 338 Å². The monoisotopic (exact) mass is 1090 g/mol. The van der Waals surface area contributed by atoms with Crippen LogP contribution in [0.25, 0.3) is 0 Å². The molecule has 76 heavy (non-hydrogen) atoms. The van der Waals surface area contributed by atoms with Gasteiger partial charge in [-0.1, -0.05) is 231 Å².